The van der Waals surface area contributed by atoms with Crippen LogP contribution in [-0.4, -0.2) is 62.5 Å². The van der Waals surface area contributed by atoms with Crippen molar-refractivity contribution in [1.82, 2.24) is 0 Å². The molecule has 1 N–H and O–H groups in total. The second-order valence-electron chi connectivity index (χ2n) is 9.16. The average molecular weight is 409 g/mol. The van der Waals surface area contributed by atoms with Gasteiger partial charge in [-0.2, -0.15) is 0 Å². The van der Waals surface area contributed by atoms with E-state index in [9.17, 15) is 9.90 Å². The highest BCUT2D eigenvalue weighted by atomic mass is 28.4. The van der Waals surface area contributed by atoms with Gasteiger partial charge in [-0.3, -0.25) is 0 Å². The Morgan fingerprint density at radius 1 is 1.00 bits per heavy atom. The van der Waals surface area contributed by atoms with Crippen molar-refractivity contribution in [2.75, 3.05) is 0 Å². The summed E-state index contributed by atoms with van der Waals surface area (Å²) in [6, 6.07) is 8.74. The number of carbonyl (C=O) groups is 1. The van der Waals surface area contributed by atoms with Crippen LogP contribution in [0.2, 0.25) is 18.1 Å². The van der Waals surface area contributed by atoms with Gasteiger partial charge in [-0.1, -0.05) is 39.0 Å². The van der Waals surface area contributed by atoms with Crippen LogP contribution in [0, 0.1) is 0 Å². The Morgan fingerprint density at radius 3 is 2.18 bits per heavy atom. The van der Waals surface area contributed by atoms with E-state index >= 15 is 0 Å². The van der Waals surface area contributed by atoms with Gasteiger partial charge in [-0.05, 0) is 30.3 Å². The lowest BCUT2D eigenvalue weighted by Crippen LogP contribution is -2.77. The lowest BCUT2D eigenvalue weighted by molar-refractivity contribution is -0.478. The Hall–Kier alpha value is -1.29. The summed E-state index contributed by atoms with van der Waals surface area (Å²) in [4.78, 5) is 12.6. The fourth-order valence-electron chi connectivity index (χ4n) is 3.64. The zero-order valence-electron chi connectivity index (χ0n) is 16.8. The van der Waals surface area contributed by atoms with Crippen molar-refractivity contribution in [2.45, 2.75) is 82.0 Å². The fourth-order valence-corrected chi connectivity index (χ4v) is 4.94. The van der Waals surface area contributed by atoms with Crippen LogP contribution in [0.3, 0.4) is 0 Å². The minimum atomic E-state index is -2.18. The highest BCUT2D eigenvalue weighted by Crippen LogP contribution is 2.46. The number of hydrogen-bond donors (Lipinski definition) is 1. The van der Waals surface area contributed by atoms with E-state index in [1.165, 1.54) is 0 Å². The van der Waals surface area contributed by atoms with Gasteiger partial charge in [0.15, 0.2) is 14.4 Å². The van der Waals surface area contributed by atoms with Crippen molar-refractivity contribution in [3.63, 3.8) is 0 Å². The summed E-state index contributed by atoms with van der Waals surface area (Å²) in [5, 5.41) is 10.8. The van der Waals surface area contributed by atoms with Gasteiger partial charge in [0, 0.05) is 0 Å². The quantitative estimate of drug-likeness (QED) is 0.605. The number of aliphatic hydroxyl groups excluding tert-OH is 1. The topological polar surface area (TPSA) is 83.5 Å². The number of carbonyl (C=O) groups excluding carboxylic acids is 1. The minimum absolute atomic E-state index is 0.0284. The van der Waals surface area contributed by atoms with Crippen LogP contribution < -0.4 is 0 Å². The molecule has 1 saturated carbocycles. The first-order valence-electron chi connectivity index (χ1n) is 9.67. The van der Waals surface area contributed by atoms with Crippen molar-refractivity contribution in [3.8, 4) is 0 Å². The van der Waals surface area contributed by atoms with Crippen LogP contribution in [0.15, 0.2) is 30.3 Å². The molecule has 0 spiro atoms. The first-order valence-corrected chi connectivity index (χ1v) is 12.6. The molecule has 3 heterocycles. The number of ether oxygens (including phenoxy) is 4. The molecule has 1 aromatic rings. The zero-order chi connectivity index (χ0) is 20.3. The molecule has 4 bridgehead atoms. The van der Waals surface area contributed by atoms with Gasteiger partial charge in [0.05, 0.1) is 5.56 Å². The van der Waals surface area contributed by atoms with Crippen LogP contribution in [-0.2, 0) is 23.4 Å². The van der Waals surface area contributed by atoms with Crippen molar-refractivity contribution in [3.05, 3.63) is 35.9 Å². The molecule has 7 atom stereocenters. The Bertz CT molecular complexity index is 732. The third kappa shape index (κ3) is 3.32. The molecule has 154 valence electrons. The maximum Gasteiger partial charge on any atom is 0.338 e. The number of rotatable bonds is 4. The second-order valence-corrected chi connectivity index (χ2v) is 13.9. The Kier molecular flexibility index (Phi) is 4.92. The molecule has 0 radical (unpaired) electrons. The van der Waals surface area contributed by atoms with E-state index < -0.39 is 57.4 Å². The van der Waals surface area contributed by atoms with Gasteiger partial charge < -0.3 is 28.5 Å². The Morgan fingerprint density at radius 2 is 1.57 bits per heavy atom. The summed E-state index contributed by atoms with van der Waals surface area (Å²) in [5.41, 5.74) is 0.434. The molecular weight excluding hydrogens is 380 g/mol. The van der Waals surface area contributed by atoms with Crippen LogP contribution in [0.5, 0.6) is 0 Å². The van der Waals surface area contributed by atoms with E-state index in [4.69, 9.17) is 23.4 Å². The molecule has 8 heteroatoms. The van der Waals surface area contributed by atoms with Crippen LogP contribution in [0.1, 0.15) is 31.1 Å². The van der Waals surface area contributed by atoms with E-state index in [-0.39, 0.29) is 5.04 Å². The maximum absolute atomic E-state index is 12.6. The van der Waals surface area contributed by atoms with Gasteiger partial charge in [0.1, 0.15) is 30.5 Å². The van der Waals surface area contributed by atoms with Crippen LogP contribution >= 0.6 is 0 Å². The molecule has 5 rings (SSSR count). The van der Waals surface area contributed by atoms with E-state index in [0.29, 0.717) is 5.56 Å². The fraction of sp³-hybridized carbons (Fsp3) is 0.650. The molecule has 0 amide bonds. The molecule has 4 aliphatic rings. The van der Waals surface area contributed by atoms with Crippen molar-refractivity contribution >= 4 is 14.3 Å². The van der Waals surface area contributed by atoms with E-state index in [1.54, 1.807) is 24.3 Å². The Labute approximate surface area is 166 Å². The summed E-state index contributed by atoms with van der Waals surface area (Å²) in [6.07, 6.45) is -4.07. The van der Waals surface area contributed by atoms with Crippen molar-refractivity contribution < 1.29 is 33.3 Å². The first-order chi connectivity index (χ1) is 13.1. The van der Waals surface area contributed by atoms with E-state index in [0.717, 1.165) is 0 Å². The summed E-state index contributed by atoms with van der Waals surface area (Å²) in [7, 11) is -2.18. The van der Waals surface area contributed by atoms with Gasteiger partial charge in [0.2, 0.25) is 0 Å². The smallest absolute Gasteiger partial charge is 0.338 e. The van der Waals surface area contributed by atoms with Gasteiger partial charge in [-0.15, -0.1) is 0 Å². The highest BCUT2D eigenvalue weighted by Gasteiger charge is 2.64. The number of esters is 1. The standard InChI is InChI=1S/C20H28O7Si/c1-20(2,3)28(4,5)27-17-14-12(21)13-15(16(17)26-19(24-13)25-14)23-18(22)11-9-7-6-8-10-11/h6-10,12-17,19,21H,1-5H3/t12-,13-,14+,15-,16-,17+,19+/m1/s1. The van der Waals surface area contributed by atoms with Crippen molar-refractivity contribution in [1.29, 1.82) is 0 Å². The molecule has 3 aliphatic heterocycles. The summed E-state index contributed by atoms with van der Waals surface area (Å²) < 4.78 is 29.5. The lowest BCUT2D eigenvalue weighted by atomic mass is 9.82. The predicted octanol–water partition coefficient (Wildman–Crippen LogP) is 2.44. The molecule has 0 aromatic heterocycles. The molecular formula is C20H28O7Si. The lowest BCUT2D eigenvalue weighted by Gasteiger charge is -2.58. The summed E-state index contributed by atoms with van der Waals surface area (Å²) in [6.45, 7) is 9.82. The van der Waals surface area contributed by atoms with E-state index in [1.807, 2.05) is 6.07 Å². The molecule has 0 unspecified atom stereocenters. The summed E-state index contributed by atoms with van der Waals surface area (Å²) >= 11 is 0. The zero-order valence-corrected chi connectivity index (χ0v) is 17.8. The number of hydrogen-bond acceptors (Lipinski definition) is 7. The maximum atomic E-state index is 12.6. The van der Waals surface area contributed by atoms with Crippen molar-refractivity contribution in [2.24, 2.45) is 0 Å². The monoisotopic (exact) mass is 408 g/mol. The highest BCUT2D eigenvalue weighted by molar-refractivity contribution is 6.74. The van der Waals surface area contributed by atoms with Crippen LogP contribution in [0.4, 0.5) is 0 Å². The largest absolute Gasteiger partial charge is 0.453 e. The molecule has 28 heavy (non-hydrogen) atoms. The van der Waals surface area contributed by atoms with E-state index in [2.05, 4.69) is 33.9 Å². The third-order valence-corrected chi connectivity index (χ3v) is 10.7. The number of aliphatic hydroxyl groups is 1. The van der Waals surface area contributed by atoms with Gasteiger partial charge in [0.25, 0.3) is 6.48 Å². The van der Waals surface area contributed by atoms with Gasteiger partial charge in [-0.25, -0.2) is 4.79 Å². The first kappa shape index (κ1) is 20.0. The van der Waals surface area contributed by atoms with Gasteiger partial charge >= 0.3 is 5.97 Å². The normalized spacial score (nSPS) is 37.1. The van der Waals surface area contributed by atoms with Crippen LogP contribution in [0.25, 0.3) is 0 Å². The predicted molar refractivity (Wildman–Crippen MR) is 102 cm³/mol. The molecule has 7 nitrogen and oxygen atoms in total. The SMILES string of the molecule is CC(C)(C)[Si](C)(C)O[C@@H]1[C@@H]2O[C@H]3O[C@H]([C@@H](O)[C@@H]1O3)[C@H]2OC(=O)c1ccccc1. The molecule has 4 fully saturated rings. The Balaban J connectivity index is 1.59. The third-order valence-electron chi connectivity index (χ3n) is 6.26. The molecule has 1 aromatic carbocycles. The second kappa shape index (κ2) is 6.89. The number of benzene rings is 1. The molecule has 3 saturated heterocycles. The average Bonchev–Trinajstić information content (AvgIpc) is 2.63. The summed E-state index contributed by atoms with van der Waals surface area (Å²) in [5.74, 6) is -0.482. The molecule has 1 aliphatic carbocycles. The minimum Gasteiger partial charge on any atom is -0.453 e.